The van der Waals surface area contributed by atoms with Crippen LogP contribution in [0.4, 0.5) is 0 Å². The van der Waals surface area contributed by atoms with Gasteiger partial charge in [-0.1, -0.05) is 6.92 Å². The quantitative estimate of drug-likeness (QED) is 0.796. The second-order valence-corrected chi connectivity index (χ2v) is 6.19. The number of nitrogens with one attached hydrogen (secondary N) is 1. The molecule has 21 heavy (non-hydrogen) atoms. The van der Waals surface area contributed by atoms with E-state index in [1.165, 1.54) is 0 Å². The lowest BCUT2D eigenvalue weighted by molar-refractivity contribution is -0.141. The molecule has 1 unspecified atom stereocenters. The molecule has 2 aliphatic rings. The molecule has 120 valence electrons. The van der Waals surface area contributed by atoms with E-state index in [9.17, 15) is 9.59 Å². The Morgan fingerprint density at radius 1 is 1.19 bits per heavy atom. The zero-order valence-corrected chi connectivity index (χ0v) is 12.6. The van der Waals surface area contributed by atoms with Crippen molar-refractivity contribution < 1.29 is 24.2 Å². The number of hydrogen-bond acceptors (Lipinski definition) is 4. The van der Waals surface area contributed by atoms with Gasteiger partial charge >= 0.3 is 5.97 Å². The van der Waals surface area contributed by atoms with Crippen LogP contribution in [0.5, 0.6) is 0 Å². The van der Waals surface area contributed by atoms with Crippen molar-refractivity contribution in [3.05, 3.63) is 0 Å². The second kappa shape index (κ2) is 7.22. The van der Waals surface area contributed by atoms with Gasteiger partial charge in [-0.05, 0) is 31.6 Å². The summed E-state index contributed by atoms with van der Waals surface area (Å²) in [4.78, 5) is 23.6. The van der Waals surface area contributed by atoms with Gasteiger partial charge in [-0.15, -0.1) is 0 Å². The third kappa shape index (κ3) is 4.41. The first-order chi connectivity index (χ1) is 10.0. The van der Waals surface area contributed by atoms with Crippen molar-refractivity contribution in [3.8, 4) is 0 Å². The van der Waals surface area contributed by atoms with Gasteiger partial charge in [0.1, 0.15) is 0 Å². The monoisotopic (exact) mass is 299 g/mol. The number of carboxylic acid groups (broad SMARTS) is 1. The second-order valence-electron chi connectivity index (χ2n) is 6.19. The van der Waals surface area contributed by atoms with Crippen LogP contribution in [0.25, 0.3) is 0 Å². The molecule has 0 aromatic heterocycles. The van der Waals surface area contributed by atoms with Crippen molar-refractivity contribution >= 4 is 11.9 Å². The van der Waals surface area contributed by atoms with Gasteiger partial charge in [0.25, 0.3) is 0 Å². The highest BCUT2D eigenvalue weighted by Crippen LogP contribution is 2.28. The minimum atomic E-state index is -0.879. The van der Waals surface area contributed by atoms with Crippen LogP contribution in [0.3, 0.4) is 0 Å². The minimum Gasteiger partial charge on any atom is -0.481 e. The van der Waals surface area contributed by atoms with Crippen molar-refractivity contribution in [2.24, 2.45) is 11.8 Å². The Bertz CT molecular complexity index is 372. The summed E-state index contributed by atoms with van der Waals surface area (Å²) in [5.74, 6) is -0.705. The molecule has 2 saturated heterocycles. The number of hydrogen-bond donors (Lipinski definition) is 2. The summed E-state index contributed by atoms with van der Waals surface area (Å²) in [5.41, 5.74) is -0.652. The Morgan fingerprint density at radius 2 is 1.76 bits per heavy atom. The predicted molar refractivity (Wildman–Crippen MR) is 75.9 cm³/mol. The maximum Gasteiger partial charge on any atom is 0.305 e. The topological polar surface area (TPSA) is 84.9 Å². The van der Waals surface area contributed by atoms with Crippen LogP contribution in [0, 0.1) is 11.8 Å². The highest BCUT2D eigenvalue weighted by Gasteiger charge is 2.38. The van der Waals surface area contributed by atoms with Crippen LogP contribution in [0.1, 0.15) is 39.0 Å². The summed E-state index contributed by atoms with van der Waals surface area (Å²) < 4.78 is 10.6. The Morgan fingerprint density at radius 3 is 2.33 bits per heavy atom. The van der Waals surface area contributed by atoms with E-state index >= 15 is 0 Å². The largest absolute Gasteiger partial charge is 0.481 e. The first kappa shape index (κ1) is 16.2. The van der Waals surface area contributed by atoms with Gasteiger partial charge in [-0.3, -0.25) is 9.59 Å². The smallest absolute Gasteiger partial charge is 0.305 e. The highest BCUT2D eigenvalue weighted by molar-refractivity contribution is 5.80. The van der Waals surface area contributed by atoms with E-state index in [-0.39, 0.29) is 18.2 Å². The van der Waals surface area contributed by atoms with Gasteiger partial charge in [0.2, 0.25) is 5.91 Å². The average Bonchev–Trinajstić information content (AvgIpc) is 2.47. The SMILES string of the molecule is CC(C(=O)NC1(CC(=O)O)CCOCC1)C1CCOCC1. The zero-order valence-electron chi connectivity index (χ0n) is 12.6. The molecule has 2 fully saturated rings. The number of carboxylic acids is 1. The van der Waals surface area contributed by atoms with Crippen LogP contribution < -0.4 is 5.32 Å². The van der Waals surface area contributed by atoms with Gasteiger partial charge < -0.3 is 19.9 Å². The molecule has 2 heterocycles. The molecule has 0 radical (unpaired) electrons. The molecule has 0 aromatic rings. The van der Waals surface area contributed by atoms with Crippen LogP contribution in [0.15, 0.2) is 0 Å². The van der Waals surface area contributed by atoms with E-state index in [1.54, 1.807) is 0 Å². The molecular formula is C15H25NO5. The van der Waals surface area contributed by atoms with Crippen molar-refractivity contribution in [1.29, 1.82) is 0 Å². The maximum atomic E-state index is 12.5. The van der Waals surface area contributed by atoms with Gasteiger partial charge in [0.15, 0.2) is 0 Å². The van der Waals surface area contributed by atoms with Crippen LogP contribution in [-0.2, 0) is 19.1 Å². The molecule has 0 aliphatic carbocycles. The lowest BCUT2D eigenvalue weighted by Crippen LogP contribution is -2.55. The molecule has 2 rings (SSSR count). The van der Waals surface area contributed by atoms with Gasteiger partial charge in [0.05, 0.1) is 12.0 Å². The van der Waals surface area contributed by atoms with E-state index in [0.29, 0.717) is 45.2 Å². The van der Waals surface area contributed by atoms with Crippen molar-refractivity contribution in [3.63, 3.8) is 0 Å². The van der Waals surface area contributed by atoms with E-state index in [4.69, 9.17) is 14.6 Å². The zero-order chi connectivity index (χ0) is 15.3. The summed E-state index contributed by atoms with van der Waals surface area (Å²) in [6.07, 6.45) is 2.87. The Labute approximate surface area is 125 Å². The number of aliphatic carboxylic acids is 1. The number of rotatable bonds is 5. The third-order valence-electron chi connectivity index (χ3n) is 4.71. The highest BCUT2D eigenvalue weighted by atomic mass is 16.5. The predicted octanol–water partition coefficient (Wildman–Crippen LogP) is 1.19. The lowest BCUT2D eigenvalue weighted by atomic mass is 9.83. The first-order valence-corrected chi connectivity index (χ1v) is 7.72. The molecule has 0 bridgehead atoms. The van der Waals surface area contributed by atoms with Crippen LogP contribution in [-0.4, -0.2) is 48.9 Å². The maximum absolute atomic E-state index is 12.5. The number of carbonyl (C=O) groups is 2. The molecular weight excluding hydrogens is 274 g/mol. The van der Waals surface area contributed by atoms with Gasteiger partial charge in [-0.2, -0.15) is 0 Å². The van der Waals surface area contributed by atoms with E-state index in [0.717, 1.165) is 12.8 Å². The van der Waals surface area contributed by atoms with Gasteiger partial charge in [0, 0.05) is 32.3 Å². The molecule has 1 atom stereocenters. The lowest BCUT2D eigenvalue weighted by Gasteiger charge is -2.38. The standard InChI is InChI=1S/C15H25NO5/c1-11(12-2-6-20-7-3-12)14(19)16-15(10-13(17)18)4-8-21-9-5-15/h11-12H,2-10H2,1H3,(H,16,19)(H,17,18). The fraction of sp³-hybridized carbons (Fsp3) is 0.867. The first-order valence-electron chi connectivity index (χ1n) is 7.72. The summed E-state index contributed by atoms with van der Waals surface area (Å²) in [6, 6.07) is 0. The molecule has 2 aliphatic heterocycles. The molecule has 0 spiro atoms. The molecule has 0 saturated carbocycles. The van der Waals surface area contributed by atoms with E-state index < -0.39 is 11.5 Å². The third-order valence-corrected chi connectivity index (χ3v) is 4.71. The fourth-order valence-electron chi connectivity index (χ4n) is 3.20. The molecule has 6 heteroatoms. The number of carbonyl (C=O) groups excluding carboxylic acids is 1. The fourth-order valence-corrected chi connectivity index (χ4v) is 3.20. The van der Waals surface area contributed by atoms with Crippen LogP contribution in [0.2, 0.25) is 0 Å². The molecule has 6 nitrogen and oxygen atoms in total. The van der Waals surface area contributed by atoms with Crippen molar-refractivity contribution in [1.82, 2.24) is 5.32 Å². The van der Waals surface area contributed by atoms with Gasteiger partial charge in [-0.25, -0.2) is 0 Å². The molecule has 1 amide bonds. The Hall–Kier alpha value is -1.14. The summed E-state index contributed by atoms with van der Waals surface area (Å²) in [5, 5.41) is 12.1. The molecule has 2 N–H and O–H groups in total. The van der Waals surface area contributed by atoms with E-state index in [2.05, 4.69) is 5.32 Å². The summed E-state index contributed by atoms with van der Waals surface area (Å²) in [7, 11) is 0. The number of amides is 1. The summed E-state index contributed by atoms with van der Waals surface area (Å²) in [6.45, 7) is 4.34. The summed E-state index contributed by atoms with van der Waals surface area (Å²) >= 11 is 0. The Balaban J connectivity index is 1.97. The minimum absolute atomic E-state index is 0.0370. The van der Waals surface area contributed by atoms with Crippen molar-refractivity contribution in [2.75, 3.05) is 26.4 Å². The van der Waals surface area contributed by atoms with Crippen molar-refractivity contribution in [2.45, 2.75) is 44.6 Å². The van der Waals surface area contributed by atoms with Crippen LogP contribution >= 0.6 is 0 Å². The average molecular weight is 299 g/mol. The Kier molecular flexibility index (Phi) is 5.58. The number of ether oxygens (including phenoxy) is 2. The normalized spacial score (nSPS) is 24.2. The van der Waals surface area contributed by atoms with E-state index in [1.807, 2.05) is 6.92 Å². The molecule has 0 aromatic carbocycles.